The van der Waals surface area contributed by atoms with Gasteiger partial charge in [-0.3, -0.25) is 4.79 Å². The highest BCUT2D eigenvalue weighted by Crippen LogP contribution is 2.31. The molecule has 162 valence electrons. The van der Waals surface area contributed by atoms with Gasteiger partial charge in [0.05, 0.1) is 13.2 Å². The summed E-state index contributed by atoms with van der Waals surface area (Å²) in [6.07, 6.45) is 5.40. The topological polar surface area (TPSA) is 60.0 Å². The molecule has 6 nitrogen and oxygen atoms in total. The van der Waals surface area contributed by atoms with Crippen LogP contribution in [0.2, 0.25) is 0 Å². The van der Waals surface area contributed by atoms with E-state index in [1.54, 1.807) is 7.11 Å². The molecule has 2 aliphatic rings. The second-order valence-corrected chi connectivity index (χ2v) is 8.45. The fourth-order valence-corrected chi connectivity index (χ4v) is 3.80. The van der Waals surface area contributed by atoms with Crippen molar-refractivity contribution in [2.45, 2.75) is 58.0 Å². The van der Waals surface area contributed by atoms with Gasteiger partial charge >= 0.3 is 0 Å². The smallest absolute Gasteiger partial charge is 0.254 e. The van der Waals surface area contributed by atoms with Crippen molar-refractivity contribution in [3.05, 3.63) is 23.8 Å². The molecule has 1 N–H and O–H groups in total. The van der Waals surface area contributed by atoms with Crippen LogP contribution in [-0.4, -0.2) is 62.9 Å². The standard InChI is InChI=1S/C23H36N2O4/c1-17(2)25(20-6-4-9-24-15-20)23(26)19-12-21(28-11-5-10-27-3)14-22(13-19)29-16-18-7-8-18/h12-14,17-18,20,24H,4-11,15-16H2,1-3H3/t20-/m1/s1. The van der Waals surface area contributed by atoms with Gasteiger partial charge < -0.3 is 24.4 Å². The molecule has 1 saturated carbocycles. The zero-order valence-corrected chi connectivity index (χ0v) is 18.1. The van der Waals surface area contributed by atoms with Crippen molar-refractivity contribution in [2.24, 2.45) is 5.92 Å². The van der Waals surface area contributed by atoms with Gasteiger partial charge in [0.1, 0.15) is 11.5 Å². The first kappa shape index (κ1) is 21.9. The molecule has 0 aromatic heterocycles. The van der Waals surface area contributed by atoms with Crippen LogP contribution in [0.15, 0.2) is 18.2 Å². The summed E-state index contributed by atoms with van der Waals surface area (Å²) in [5, 5.41) is 3.42. The van der Waals surface area contributed by atoms with Crippen LogP contribution in [-0.2, 0) is 4.74 Å². The lowest BCUT2D eigenvalue weighted by Crippen LogP contribution is -2.51. The van der Waals surface area contributed by atoms with E-state index in [9.17, 15) is 4.79 Å². The maximum Gasteiger partial charge on any atom is 0.254 e. The average Bonchev–Trinajstić information content (AvgIpc) is 3.55. The van der Waals surface area contributed by atoms with Gasteiger partial charge in [0.2, 0.25) is 0 Å². The molecule has 0 bridgehead atoms. The number of nitrogens with one attached hydrogen (secondary N) is 1. The predicted molar refractivity (Wildman–Crippen MR) is 114 cm³/mol. The van der Waals surface area contributed by atoms with Crippen molar-refractivity contribution in [1.29, 1.82) is 0 Å². The van der Waals surface area contributed by atoms with E-state index in [4.69, 9.17) is 14.2 Å². The Morgan fingerprint density at radius 3 is 2.52 bits per heavy atom. The summed E-state index contributed by atoms with van der Waals surface area (Å²) in [6, 6.07) is 5.98. The Labute approximate surface area is 174 Å². The van der Waals surface area contributed by atoms with Gasteiger partial charge in [-0.05, 0) is 64.1 Å². The third-order valence-electron chi connectivity index (χ3n) is 5.53. The zero-order valence-electron chi connectivity index (χ0n) is 18.1. The fraction of sp³-hybridized carbons (Fsp3) is 0.696. The molecule has 1 amide bonds. The van der Waals surface area contributed by atoms with Gasteiger partial charge in [0.25, 0.3) is 5.91 Å². The summed E-state index contributed by atoms with van der Waals surface area (Å²) in [4.78, 5) is 15.5. The molecule has 1 saturated heterocycles. The first-order valence-electron chi connectivity index (χ1n) is 11.0. The Hall–Kier alpha value is -1.79. The molecule has 0 spiro atoms. The number of carbonyl (C=O) groups excluding carboxylic acids is 1. The summed E-state index contributed by atoms with van der Waals surface area (Å²) < 4.78 is 17.0. The van der Waals surface area contributed by atoms with Crippen LogP contribution >= 0.6 is 0 Å². The van der Waals surface area contributed by atoms with E-state index in [1.807, 2.05) is 23.1 Å². The van der Waals surface area contributed by atoms with Gasteiger partial charge in [-0.25, -0.2) is 0 Å². The Bertz CT molecular complexity index is 654. The van der Waals surface area contributed by atoms with Gasteiger partial charge in [-0.1, -0.05) is 0 Å². The third kappa shape index (κ3) is 6.61. The number of benzene rings is 1. The minimum absolute atomic E-state index is 0.0484. The summed E-state index contributed by atoms with van der Waals surface area (Å²) >= 11 is 0. The number of methoxy groups -OCH3 is 1. The minimum atomic E-state index is 0.0484. The Morgan fingerprint density at radius 1 is 1.14 bits per heavy atom. The maximum absolute atomic E-state index is 13.5. The molecule has 1 aliphatic carbocycles. The van der Waals surface area contributed by atoms with Gasteiger partial charge in [0.15, 0.2) is 0 Å². The largest absolute Gasteiger partial charge is 0.493 e. The Balaban J connectivity index is 1.77. The van der Waals surface area contributed by atoms with Crippen molar-refractivity contribution < 1.29 is 19.0 Å². The first-order valence-corrected chi connectivity index (χ1v) is 11.0. The minimum Gasteiger partial charge on any atom is -0.493 e. The van der Waals surface area contributed by atoms with Crippen LogP contribution in [0.3, 0.4) is 0 Å². The van der Waals surface area contributed by atoms with Crippen LogP contribution in [0.5, 0.6) is 11.5 Å². The van der Waals surface area contributed by atoms with Crippen molar-refractivity contribution in [3.8, 4) is 11.5 Å². The van der Waals surface area contributed by atoms with E-state index in [0.717, 1.165) is 38.1 Å². The Kier molecular flexibility index (Phi) is 8.19. The SMILES string of the molecule is COCCCOc1cc(OCC2CC2)cc(C(=O)N(C(C)C)[C@@H]2CCCNC2)c1. The van der Waals surface area contributed by atoms with Crippen LogP contribution in [0.4, 0.5) is 0 Å². The molecule has 3 rings (SSSR count). The fourth-order valence-electron chi connectivity index (χ4n) is 3.80. The van der Waals surface area contributed by atoms with Crippen LogP contribution < -0.4 is 14.8 Å². The summed E-state index contributed by atoms with van der Waals surface area (Å²) in [5.41, 5.74) is 0.638. The second kappa shape index (κ2) is 10.8. The highest BCUT2D eigenvalue weighted by atomic mass is 16.5. The van der Waals surface area contributed by atoms with E-state index < -0.39 is 0 Å². The molecule has 1 heterocycles. The van der Waals surface area contributed by atoms with Gasteiger partial charge in [-0.2, -0.15) is 0 Å². The molecule has 1 aromatic rings. The lowest BCUT2D eigenvalue weighted by molar-refractivity contribution is 0.0572. The van der Waals surface area contributed by atoms with Gasteiger partial charge in [0, 0.05) is 50.4 Å². The molecule has 1 aromatic carbocycles. The number of carbonyl (C=O) groups is 1. The van der Waals surface area contributed by atoms with E-state index >= 15 is 0 Å². The number of amides is 1. The predicted octanol–water partition coefficient (Wildman–Crippen LogP) is 3.49. The number of piperidine rings is 1. The molecule has 2 fully saturated rings. The number of rotatable bonds is 11. The lowest BCUT2D eigenvalue weighted by Gasteiger charge is -2.37. The molecule has 0 unspecified atom stereocenters. The average molecular weight is 405 g/mol. The van der Waals surface area contributed by atoms with Crippen molar-refractivity contribution in [2.75, 3.05) is 40.0 Å². The monoisotopic (exact) mass is 404 g/mol. The molecule has 29 heavy (non-hydrogen) atoms. The zero-order chi connectivity index (χ0) is 20.6. The number of nitrogens with zero attached hydrogens (tertiary/aromatic N) is 1. The van der Waals surface area contributed by atoms with Gasteiger partial charge in [-0.15, -0.1) is 0 Å². The van der Waals surface area contributed by atoms with Crippen LogP contribution in [0, 0.1) is 5.92 Å². The highest BCUT2D eigenvalue weighted by Gasteiger charge is 2.29. The molecular formula is C23H36N2O4. The van der Waals surface area contributed by atoms with Crippen molar-refractivity contribution in [3.63, 3.8) is 0 Å². The molecule has 0 radical (unpaired) electrons. The van der Waals surface area contributed by atoms with E-state index in [1.165, 1.54) is 12.8 Å². The Morgan fingerprint density at radius 2 is 1.90 bits per heavy atom. The summed E-state index contributed by atoms with van der Waals surface area (Å²) in [7, 11) is 1.68. The van der Waals surface area contributed by atoms with E-state index in [0.29, 0.717) is 37.1 Å². The van der Waals surface area contributed by atoms with Crippen molar-refractivity contribution >= 4 is 5.91 Å². The summed E-state index contributed by atoms with van der Waals surface area (Å²) in [6.45, 7) is 7.96. The normalized spacial score (nSPS) is 19.2. The second-order valence-electron chi connectivity index (χ2n) is 8.45. The van der Waals surface area contributed by atoms with Crippen LogP contribution in [0.25, 0.3) is 0 Å². The first-order chi connectivity index (χ1) is 14.1. The third-order valence-corrected chi connectivity index (χ3v) is 5.53. The molecule has 6 heteroatoms. The van der Waals surface area contributed by atoms with E-state index in [-0.39, 0.29) is 18.0 Å². The number of ether oxygens (including phenoxy) is 3. The summed E-state index contributed by atoms with van der Waals surface area (Å²) in [5.74, 6) is 2.10. The number of hydrogen-bond donors (Lipinski definition) is 1. The van der Waals surface area contributed by atoms with Crippen LogP contribution in [0.1, 0.15) is 56.3 Å². The van der Waals surface area contributed by atoms with E-state index in [2.05, 4.69) is 19.2 Å². The molecular weight excluding hydrogens is 368 g/mol. The van der Waals surface area contributed by atoms with Crippen molar-refractivity contribution in [1.82, 2.24) is 10.2 Å². The maximum atomic E-state index is 13.5. The highest BCUT2D eigenvalue weighted by molar-refractivity contribution is 5.95. The molecule has 1 aliphatic heterocycles. The quantitative estimate of drug-likeness (QED) is 0.572. The molecule has 1 atom stereocenters. The lowest BCUT2D eigenvalue weighted by atomic mass is 10.0. The number of hydrogen-bond acceptors (Lipinski definition) is 5.